The van der Waals surface area contributed by atoms with E-state index in [-0.39, 0.29) is 30.8 Å². The minimum absolute atomic E-state index is 0. The van der Waals surface area contributed by atoms with Gasteiger partial charge in [0.25, 0.3) is 0 Å². The Morgan fingerprint density at radius 2 is 2.05 bits per heavy atom. The Hall–Kier alpha value is -1.51. The van der Waals surface area contributed by atoms with Gasteiger partial charge in [-0.2, -0.15) is 0 Å². The van der Waals surface area contributed by atoms with E-state index in [0.717, 1.165) is 6.26 Å². The van der Waals surface area contributed by atoms with Crippen LogP contribution in [0, 0.1) is 0 Å². The Kier molecular flexibility index (Phi) is 7.48. The molecule has 1 atom stereocenters. The van der Waals surface area contributed by atoms with Gasteiger partial charge in [-0.05, 0) is 19.1 Å². The smallest absolute Gasteiger partial charge is 0.229 e. The Balaban J connectivity index is 0.00000400. The van der Waals surface area contributed by atoms with Gasteiger partial charge in [0.1, 0.15) is 5.75 Å². The van der Waals surface area contributed by atoms with Crippen LogP contribution in [0.4, 0.5) is 11.4 Å². The molecule has 0 fully saturated rings. The number of methoxy groups -OCH3 is 1. The van der Waals surface area contributed by atoms with Gasteiger partial charge in [0, 0.05) is 24.2 Å². The van der Waals surface area contributed by atoms with Gasteiger partial charge in [-0.15, -0.1) is 12.4 Å². The summed E-state index contributed by atoms with van der Waals surface area (Å²) in [7, 11) is -1.98. The second kappa shape index (κ2) is 8.06. The highest BCUT2D eigenvalue weighted by Gasteiger charge is 2.11. The van der Waals surface area contributed by atoms with Crippen LogP contribution in [0.15, 0.2) is 18.2 Å². The molecule has 9 heteroatoms. The molecule has 0 radical (unpaired) electrons. The number of benzene rings is 1. The van der Waals surface area contributed by atoms with Crippen molar-refractivity contribution in [2.24, 2.45) is 5.73 Å². The van der Waals surface area contributed by atoms with Crippen molar-refractivity contribution in [2.75, 3.05) is 23.4 Å². The van der Waals surface area contributed by atoms with Crippen LogP contribution in [-0.4, -0.2) is 33.7 Å². The van der Waals surface area contributed by atoms with Gasteiger partial charge < -0.3 is 15.8 Å². The number of halogens is 1. The molecule has 0 saturated heterocycles. The summed E-state index contributed by atoms with van der Waals surface area (Å²) in [5.41, 5.74) is 6.35. The predicted molar refractivity (Wildman–Crippen MR) is 85.6 cm³/mol. The number of ether oxygens (including phenoxy) is 1. The van der Waals surface area contributed by atoms with Crippen LogP contribution in [0.2, 0.25) is 0 Å². The standard InChI is InChI=1S/C12H19N3O4S.ClH/c1-8(13)6-12(16)14-9-4-5-10(11(7-9)19-2)15-20(3,17)18;/h4-5,7-8,15H,6,13H2,1-3H3,(H,14,16);1H. The van der Waals surface area contributed by atoms with Gasteiger partial charge in [-0.1, -0.05) is 0 Å². The third-order valence-electron chi connectivity index (χ3n) is 2.29. The number of anilines is 2. The number of nitrogens with one attached hydrogen (secondary N) is 2. The number of rotatable bonds is 6. The fraction of sp³-hybridized carbons (Fsp3) is 0.417. The van der Waals surface area contributed by atoms with Crippen molar-refractivity contribution >= 4 is 39.7 Å². The first-order valence-electron chi connectivity index (χ1n) is 5.92. The first-order chi connectivity index (χ1) is 9.21. The summed E-state index contributed by atoms with van der Waals surface area (Å²) in [4.78, 5) is 11.6. The Morgan fingerprint density at radius 3 is 2.52 bits per heavy atom. The molecular weight excluding hydrogens is 318 g/mol. The maximum atomic E-state index is 11.6. The van der Waals surface area contributed by atoms with Crippen LogP contribution in [0.5, 0.6) is 5.75 Å². The third kappa shape index (κ3) is 7.16. The lowest BCUT2D eigenvalue weighted by Crippen LogP contribution is -2.24. The summed E-state index contributed by atoms with van der Waals surface area (Å²) in [6.45, 7) is 1.74. The van der Waals surface area contributed by atoms with Crippen molar-refractivity contribution in [3.05, 3.63) is 18.2 Å². The summed E-state index contributed by atoms with van der Waals surface area (Å²) in [5.74, 6) is 0.0971. The van der Waals surface area contributed by atoms with E-state index in [1.165, 1.54) is 19.2 Å². The molecule has 0 aromatic heterocycles. The van der Waals surface area contributed by atoms with E-state index in [4.69, 9.17) is 10.5 Å². The second-order valence-corrected chi connectivity index (χ2v) is 6.27. The maximum Gasteiger partial charge on any atom is 0.229 e. The molecule has 120 valence electrons. The third-order valence-corrected chi connectivity index (χ3v) is 2.88. The molecule has 1 amide bonds. The van der Waals surface area contributed by atoms with E-state index in [0.29, 0.717) is 17.1 Å². The van der Waals surface area contributed by atoms with Crippen molar-refractivity contribution in [3.63, 3.8) is 0 Å². The first-order valence-corrected chi connectivity index (χ1v) is 7.81. The average molecular weight is 338 g/mol. The second-order valence-electron chi connectivity index (χ2n) is 4.52. The molecule has 0 bridgehead atoms. The Morgan fingerprint density at radius 1 is 1.43 bits per heavy atom. The molecule has 0 aliphatic carbocycles. The van der Waals surface area contributed by atoms with Crippen molar-refractivity contribution < 1.29 is 17.9 Å². The van der Waals surface area contributed by atoms with Crippen molar-refractivity contribution in [2.45, 2.75) is 19.4 Å². The lowest BCUT2D eigenvalue weighted by molar-refractivity contribution is -0.116. The number of carbonyl (C=O) groups excluding carboxylic acids is 1. The molecular formula is C12H20ClN3O4S. The highest BCUT2D eigenvalue weighted by atomic mass is 35.5. The zero-order chi connectivity index (χ0) is 15.3. The lowest BCUT2D eigenvalue weighted by atomic mass is 10.2. The Labute approximate surface area is 130 Å². The summed E-state index contributed by atoms with van der Waals surface area (Å²) >= 11 is 0. The van der Waals surface area contributed by atoms with Gasteiger partial charge in [0.15, 0.2) is 0 Å². The molecule has 0 aliphatic heterocycles. The number of amides is 1. The topological polar surface area (TPSA) is 111 Å². The highest BCUT2D eigenvalue weighted by molar-refractivity contribution is 7.92. The maximum absolute atomic E-state index is 11.6. The molecule has 0 aliphatic rings. The van der Waals surface area contributed by atoms with Crippen molar-refractivity contribution in [3.8, 4) is 5.75 Å². The predicted octanol–water partition coefficient (Wildman–Crippen LogP) is 1.16. The molecule has 7 nitrogen and oxygen atoms in total. The van der Waals surface area contributed by atoms with Crippen LogP contribution in [0.3, 0.4) is 0 Å². The van der Waals surface area contributed by atoms with E-state index < -0.39 is 10.0 Å². The zero-order valence-corrected chi connectivity index (χ0v) is 13.7. The molecule has 1 aromatic rings. The van der Waals surface area contributed by atoms with Crippen LogP contribution in [0.1, 0.15) is 13.3 Å². The monoisotopic (exact) mass is 337 g/mol. The van der Waals surface area contributed by atoms with Gasteiger partial charge in [-0.3, -0.25) is 9.52 Å². The fourth-order valence-corrected chi connectivity index (χ4v) is 2.13. The summed E-state index contributed by atoms with van der Waals surface area (Å²) in [5, 5.41) is 2.66. The van der Waals surface area contributed by atoms with Crippen LogP contribution >= 0.6 is 12.4 Å². The van der Waals surface area contributed by atoms with Crippen LogP contribution < -0.4 is 20.5 Å². The number of sulfonamides is 1. The van der Waals surface area contributed by atoms with E-state index in [1.54, 1.807) is 13.0 Å². The van der Waals surface area contributed by atoms with E-state index in [9.17, 15) is 13.2 Å². The summed E-state index contributed by atoms with van der Waals surface area (Å²) < 4.78 is 29.8. The minimum atomic E-state index is -3.40. The zero-order valence-electron chi connectivity index (χ0n) is 12.0. The summed E-state index contributed by atoms with van der Waals surface area (Å²) in [6, 6.07) is 4.39. The Bertz CT molecular complexity index is 590. The van der Waals surface area contributed by atoms with Crippen molar-refractivity contribution in [1.82, 2.24) is 0 Å². The normalized spacial score (nSPS) is 12.0. The van der Waals surface area contributed by atoms with Crippen LogP contribution in [0.25, 0.3) is 0 Å². The van der Waals surface area contributed by atoms with Gasteiger partial charge >= 0.3 is 0 Å². The van der Waals surface area contributed by atoms with Crippen LogP contribution in [-0.2, 0) is 14.8 Å². The molecule has 0 saturated carbocycles. The summed E-state index contributed by atoms with van der Waals surface area (Å²) in [6.07, 6.45) is 1.25. The molecule has 1 rings (SSSR count). The largest absolute Gasteiger partial charge is 0.494 e. The molecule has 0 heterocycles. The molecule has 4 N–H and O–H groups in total. The molecule has 21 heavy (non-hydrogen) atoms. The SMILES string of the molecule is COc1cc(NC(=O)CC(C)N)ccc1NS(C)(=O)=O.Cl. The lowest BCUT2D eigenvalue weighted by Gasteiger charge is -2.12. The molecule has 0 spiro atoms. The van der Waals surface area contributed by atoms with Crippen molar-refractivity contribution in [1.29, 1.82) is 0 Å². The number of carbonyl (C=O) groups is 1. The average Bonchev–Trinajstić information content (AvgIpc) is 2.28. The molecule has 1 unspecified atom stereocenters. The van der Waals surface area contributed by atoms with Gasteiger partial charge in [0.2, 0.25) is 15.9 Å². The minimum Gasteiger partial charge on any atom is -0.494 e. The highest BCUT2D eigenvalue weighted by Crippen LogP contribution is 2.28. The quantitative estimate of drug-likeness (QED) is 0.721. The van der Waals surface area contributed by atoms with Gasteiger partial charge in [-0.25, -0.2) is 8.42 Å². The van der Waals surface area contributed by atoms with E-state index in [1.807, 2.05) is 0 Å². The number of hydrogen-bond acceptors (Lipinski definition) is 5. The van der Waals surface area contributed by atoms with E-state index in [2.05, 4.69) is 10.0 Å². The number of hydrogen-bond donors (Lipinski definition) is 3. The number of nitrogens with two attached hydrogens (primary N) is 1. The first kappa shape index (κ1) is 19.5. The fourth-order valence-electron chi connectivity index (χ4n) is 1.56. The van der Waals surface area contributed by atoms with Gasteiger partial charge in [0.05, 0.1) is 19.1 Å². The molecule has 1 aromatic carbocycles. The van der Waals surface area contributed by atoms with E-state index >= 15 is 0 Å².